The minimum Gasteiger partial charge on any atom is -0.0620 e. The van der Waals surface area contributed by atoms with E-state index in [1.165, 1.54) is 99.3 Å². The quantitative estimate of drug-likeness (QED) is 0.157. The molecule has 2 unspecified atom stereocenters. The van der Waals surface area contributed by atoms with Gasteiger partial charge in [-0.05, 0) is 109 Å². The molecule has 0 bridgehead atoms. The lowest BCUT2D eigenvalue weighted by molar-refractivity contribution is 0.391. The summed E-state index contributed by atoms with van der Waals surface area (Å²) >= 11 is 0. The summed E-state index contributed by atoms with van der Waals surface area (Å²) in [6.07, 6.45) is 16.0. The van der Waals surface area contributed by atoms with Gasteiger partial charge in [-0.25, -0.2) is 0 Å². The fraction of sp³-hybridized carbons (Fsp3) is 0.415. The predicted octanol–water partition coefficient (Wildman–Crippen LogP) is 11.2. The van der Waals surface area contributed by atoms with E-state index < -0.39 is 0 Å². The lowest BCUT2D eigenvalue weighted by Gasteiger charge is -2.34. The molecule has 2 atom stereocenters. The van der Waals surface area contributed by atoms with Crippen molar-refractivity contribution in [3.63, 3.8) is 0 Å². The van der Waals surface area contributed by atoms with E-state index in [0.717, 1.165) is 11.8 Å². The molecule has 41 heavy (non-hydrogen) atoms. The molecule has 0 heterocycles. The van der Waals surface area contributed by atoms with Crippen LogP contribution in [0.4, 0.5) is 0 Å². The van der Waals surface area contributed by atoms with Crippen molar-refractivity contribution in [3.8, 4) is 11.1 Å². The Morgan fingerprint density at radius 2 is 1.00 bits per heavy atom. The third kappa shape index (κ3) is 4.98. The van der Waals surface area contributed by atoms with Gasteiger partial charge in [-0.2, -0.15) is 0 Å². The van der Waals surface area contributed by atoms with Crippen molar-refractivity contribution >= 4 is 0 Å². The Morgan fingerprint density at radius 3 is 1.46 bits per heavy atom. The van der Waals surface area contributed by atoms with Gasteiger partial charge in [0.25, 0.3) is 0 Å². The highest BCUT2D eigenvalue weighted by molar-refractivity contribution is 5.81. The molecule has 0 aromatic heterocycles. The summed E-state index contributed by atoms with van der Waals surface area (Å²) in [4.78, 5) is 0. The highest BCUT2D eigenvalue weighted by atomic mass is 14.4. The van der Waals surface area contributed by atoms with Crippen LogP contribution < -0.4 is 0 Å². The second-order valence-corrected chi connectivity index (χ2v) is 13.6. The molecule has 4 aromatic rings. The van der Waals surface area contributed by atoms with Crippen molar-refractivity contribution in [2.45, 2.75) is 108 Å². The standard InChI is InChI=1S/C41H46/c1-29-19-21-37-38-22-20-30(2)26-40(38)41(39(37)25-29,23-11-3-5-13-31-27-33-15-7-9-17-35(31)33)24-12-4-6-14-32-28-34-16-8-10-18-36(32)34/h7-10,15-22,25-26,31-32H,3-6,11-14,23-24,27-28H2,1-2H3. The molecule has 0 saturated carbocycles. The summed E-state index contributed by atoms with van der Waals surface area (Å²) in [5, 5.41) is 0. The summed E-state index contributed by atoms with van der Waals surface area (Å²) < 4.78 is 0. The minimum atomic E-state index is 0.175. The van der Waals surface area contributed by atoms with Crippen LogP contribution in [0.1, 0.15) is 121 Å². The molecule has 0 amide bonds. The first-order chi connectivity index (χ1) is 20.1. The van der Waals surface area contributed by atoms with Crippen LogP contribution in [0.2, 0.25) is 0 Å². The van der Waals surface area contributed by atoms with Gasteiger partial charge in [0.1, 0.15) is 0 Å². The van der Waals surface area contributed by atoms with E-state index in [9.17, 15) is 0 Å². The van der Waals surface area contributed by atoms with E-state index in [2.05, 4.69) is 98.8 Å². The van der Waals surface area contributed by atoms with E-state index in [-0.39, 0.29) is 5.41 Å². The zero-order valence-electron chi connectivity index (χ0n) is 25.2. The van der Waals surface area contributed by atoms with Crippen LogP contribution in [0, 0.1) is 13.8 Å². The molecule has 0 N–H and O–H groups in total. The number of hydrogen-bond acceptors (Lipinski definition) is 0. The highest BCUT2D eigenvalue weighted by Crippen LogP contribution is 2.55. The smallest absolute Gasteiger partial charge is 0.0215 e. The van der Waals surface area contributed by atoms with Crippen LogP contribution in [-0.2, 0) is 18.3 Å². The molecule has 7 rings (SSSR count). The van der Waals surface area contributed by atoms with E-state index in [0.29, 0.717) is 0 Å². The molecule has 0 heteroatoms. The average Bonchev–Trinajstić information content (AvgIpc) is 3.21. The molecule has 0 aliphatic heterocycles. The number of unbranched alkanes of at least 4 members (excludes halogenated alkanes) is 4. The second-order valence-electron chi connectivity index (χ2n) is 13.6. The van der Waals surface area contributed by atoms with Gasteiger partial charge in [0.15, 0.2) is 0 Å². The van der Waals surface area contributed by atoms with Gasteiger partial charge in [-0.15, -0.1) is 0 Å². The van der Waals surface area contributed by atoms with Crippen LogP contribution in [0.25, 0.3) is 11.1 Å². The zero-order valence-corrected chi connectivity index (χ0v) is 25.2. The van der Waals surface area contributed by atoms with E-state index in [1.54, 1.807) is 33.4 Å². The molecule has 3 aliphatic carbocycles. The summed E-state index contributed by atoms with van der Waals surface area (Å²) in [5.74, 6) is 1.61. The van der Waals surface area contributed by atoms with Gasteiger partial charge in [0, 0.05) is 5.41 Å². The monoisotopic (exact) mass is 538 g/mol. The van der Waals surface area contributed by atoms with Gasteiger partial charge in [-0.3, -0.25) is 0 Å². The van der Waals surface area contributed by atoms with Gasteiger partial charge in [0.2, 0.25) is 0 Å². The summed E-state index contributed by atoms with van der Waals surface area (Å²) in [5.41, 5.74) is 15.7. The number of aryl methyl sites for hydroxylation is 2. The number of fused-ring (bicyclic) bond motifs is 5. The van der Waals surface area contributed by atoms with Crippen LogP contribution in [0.15, 0.2) is 84.9 Å². The summed E-state index contributed by atoms with van der Waals surface area (Å²) in [6, 6.07) is 32.8. The Bertz CT molecular complexity index is 1420. The van der Waals surface area contributed by atoms with Gasteiger partial charge in [0.05, 0.1) is 0 Å². The average molecular weight is 539 g/mol. The maximum atomic E-state index is 2.54. The molecule has 0 nitrogen and oxygen atoms in total. The van der Waals surface area contributed by atoms with E-state index >= 15 is 0 Å². The summed E-state index contributed by atoms with van der Waals surface area (Å²) in [6.45, 7) is 4.57. The van der Waals surface area contributed by atoms with Crippen molar-refractivity contribution in [1.82, 2.24) is 0 Å². The Labute approximate surface area is 248 Å². The molecule has 0 spiro atoms. The van der Waals surface area contributed by atoms with Crippen LogP contribution in [-0.4, -0.2) is 0 Å². The number of rotatable bonds is 12. The summed E-state index contributed by atoms with van der Waals surface area (Å²) in [7, 11) is 0. The largest absolute Gasteiger partial charge is 0.0620 e. The molecule has 0 fully saturated rings. The number of benzene rings is 4. The van der Waals surface area contributed by atoms with Crippen LogP contribution in [0.5, 0.6) is 0 Å². The topological polar surface area (TPSA) is 0 Å². The lowest BCUT2D eigenvalue weighted by Crippen LogP contribution is -2.26. The van der Waals surface area contributed by atoms with E-state index in [1.807, 2.05) is 0 Å². The van der Waals surface area contributed by atoms with Crippen molar-refractivity contribution in [3.05, 3.63) is 129 Å². The second kappa shape index (κ2) is 11.3. The minimum absolute atomic E-state index is 0.175. The molecule has 0 saturated heterocycles. The van der Waals surface area contributed by atoms with Gasteiger partial charge in [-0.1, -0.05) is 135 Å². The molecular formula is C41H46. The first kappa shape index (κ1) is 26.8. The van der Waals surface area contributed by atoms with E-state index in [4.69, 9.17) is 0 Å². The van der Waals surface area contributed by atoms with Crippen molar-refractivity contribution in [1.29, 1.82) is 0 Å². The normalized spacial score (nSPS) is 19.0. The fourth-order valence-electron chi connectivity index (χ4n) is 8.62. The van der Waals surface area contributed by atoms with Gasteiger partial charge < -0.3 is 0 Å². The van der Waals surface area contributed by atoms with Crippen molar-refractivity contribution in [2.24, 2.45) is 0 Å². The maximum Gasteiger partial charge on any atom is 0.0215 e. The first-order valence-corrected chi connectivity index (χ1v) is 16.5. The molecule has 210 valence electrons. The fourth-order valence-corrected chi connectivity index (χ4v) is 8.62. The zero-order chi connectivity index (χ0) is 27.8. The number of hydrogen-bond donors (Lipinski definition) is 0. The highest BCUT2D eigenvalue weighted by Gasteiger charge is 2.42. The third-order valence-electron chi connectivity index (χ3n) is 10.9. The third-order valence-corrected chi connectivity index (χ3v) is 10.9. The van der Waals surface area contributed by atoms with Crippen LogP contribution >= 0.6 is 0 Å². The Hall–Kier alpha value is -3.12. The molecule has 0 radical (unpaired) electrons. The Balaban J connectivity index is 1.04. The Kier molecular flexibility index (Phi) is 7.36. The Morgan fingerprint density at radius 1 is 0.537 bits per heavy atom. The van der Waals surface area contributed by atoms with Crippen LogP contribution in [0.3, 0.4) is 0 Å². The molecular weight excluding hydrogens is 492 g/mol. The van der Waals surface area contributed by atoms with Gasteiger partial charge >= 0.3 is 0 Å². The van der Waals surface area contributed by atoms with Crippen molar-refractivity contribution in [2.75, 3.05) is 0 Å². The lowest BCUT2D eigenvalue weighted by atomic mass is 9.69. The molecule has 4 aromatic carbocycles. The first-order valence-electron chi connectivity index (χ1n) is 16.5. The SMILES string of the molecule is Cc1ccc2c(c1)C(CCCCCC1Cc3ccccc31)(CCCCCC1Cc3ccccc31)c1cc(C)ccc1-2. The van der Waals surface area contributed by atoms with Crippen molar-refractivity contribution < 1.29 is 0 Å². The molecule has 3 aliphatic rings. The predicted molar refractivity (Wildman–Crippen MR) is 174 cm³/mol. The maximum absolute atomic E-state index is 2.54.